The lowest BCUT2D eigenvalue weighted by molar-refractivity contribution is -0.127. The maximum atomic E-state index is 13.9. The van der Waals surface area contributed by atoms with Gasteiger partial charge in [0, 0.05) is 18.7 Å². The predicted molar refractivity (Wildman–Crippen MR) is 81.8 cm³/mol. The quantitative estimate of drug-likeness (QED) is 0.689. The zero-order chi connectivity index (χ0) is 15.7. The number of ether oxygens (including phenoxy) is 1. The molecule has 0 spiro atoms. The fraction of sp³-hybridized carbons (Fsp3) is 0.562. The van der Waals surface area contributed by atoms with E-state index in [1.54, 1.807) is 26.1 Å². The number of amides is 1. The summed E-state index contributed by atoms with van der Waals surface area (Å²) in [4.78, 5) is 11.9. The Kier molecular flexibility index (Phi) is 7.75. The van der Waals surface area contributed by atoms with Crippen LogP contribution >= 0.6 is 0 Å². The van der Waals surface area contributed by atoms with Gasteiger partial charge in [0.2, 0.25) is 0 Å². The van der Waals surface area contributed by atoms with Crippen LogP contribution in [0.2, 0.25) is 0 Å². The van der Waals surface area contributed by atoms with Gasteiger partial charge in [0.15, 0.2) is 17.7 Å². The number of para-hydroxylation sites is 1. The zero-order valence-electron chi connectivity index (χ0n) is 13.0. The number of unbranched alkanes of at least 4 members (excludes halogenated alkanes) is 2. The third kappa shape index (κ3) is 5.71. The van der Waals surface area contributed by atoms with Crippen LogP contribution in [-0.4, -0.2) is 25.6 Å². The van der Waals surface area contributed by atoms with Crippen molar-refractivity contribution in [3.63, 3.8) is 0 Å². The summed E-state index contributed by atoms with van der Waals surface area (Å²) in [6.07, 6.45) is 2.40. The maximum Gasteiger partial charge on any atom is 0.260 e. The highest BCUT2D eigenvalue weighted by Crippen LogP contribution is 2.23. The summed E-state index contributed by atoms with van der Waals surface area (Å²) in [5.41, 5.74) is 0.697. The molecule has 0 heterocycles. The second-order valence-electron chi connectivity index (χ2n) is 5.02. The first-order valence-electron chi connectivity index (χ1n) is 7.46. The number of hydrogen-bond acceptors (Lipinski definition) is 3. The van der Waals surface area contributed by atoms with Crippen LogP contribution in [0.25, 0.3) is 0 Å². The van der Waals surface area contributed by atoms with Crippen LogP contribution in [0.3, 0.4) is 0 Å². The Morgan fingerprint density at radius 2 is 2.14 bits per heavy atom. The molecule has 1 atom stereocenters. The van der Waals surface area contributed by atoms with E-state index in [0.717, 1.165) is 19.3 Å². The van der Waals surface area contributed by atoms with Crippen LogP contribution in [0.5, 0.6) is 5.75 Å². The minimum Gasteiger partial charge on any atom is -0.477 e. The summed E-state index contributed by atoms with van der Waals surface area (Å²) >= 11 is 0. The van der Waals surface area contributed by atoms with Crippen LogP contribution in [0.15, 0.2) is 18.2 Å². The Balaban J connectivity index is 2.61. The van der Waals surface area contributed by atoms with E-state index in [4.69, 9.17) is 4.74 Å². The molecule has 0 aliphatic rings. The molecule has 0 aliphatic heterocycles. The summed E-state index contributed by atoms with van der Waals surface area (Å²) in [5.74, 6) is -0.527. The van der Waals surface area contributed by atoms with Gasteiger partial charge in [-0.1, -0.05) is 31.9 Å². The normalized spacial score (nSPS) is 12.0. The molecule has 21 heavy (non-hydrogen) atoms. The highest BCUT2D eigenvalue weighted by molar-refractivity contribution is 5.80. The average molecular weight is 296 g/mol. The Labute approximate surface area is 126 Å². The lowest BCUT2D eigenvalue weighted by atomic mass is 10.2. The highest BCUT2D eigenvalue weighted by Gasteiger charge is 2.18. The highest BCUT2D eigenvalue weighted by atomic mass is 19.1. The van der Waals surface area contributed by atoms with Crippen LogP contribution < -0.4 is 15.4 Å². The molecule has 0 saturated carbocycles. The van der Waals surface area contributed by atoms with Gasteiger partial charge in [0.05, 0.1) is 0 Å². The Morgan fingerprint density at radius 3 is 2.81 bits per heavy atom. The summed E-state index contributed by atoms with van der Waals surface area (Å²) < 4.78 is 19.4. The van der Waals surface area contributed by atoms with Crippen molar-refractivity contribution in [2.75, 3.05) is 13.6 Å². The number of benzene rings is 1. The lowest BCUT2D eigenvalue weighted by Gasteiger charge is -2.17. The average Bonchev–Trinajstić information content (AvgIpc) is 2.47. The van der Waals surface area contributed by atoms with E-state index in [2.05, 4.69) is 17.6 Å². The standard InChI is InChI=1S/C16H25FN2O2/c1-4-5-6-10-19-16(20)12(2)21-15-13(11-18-3)8-7-9-14(15)17/h7-9,12,18H,4-6,10-11H2,1-3H3,(H,19,20). The first kappa shape index (κ1) is 17.4. The molecule has 1 aromatic carbocycles. The molecule has 0 saturated heterocycles. The lowest BCUT2D eigenvalue weighted by Crippen LogP contribution is -2.37. The van der Waals surface area contributed by atoms with Crippen molar-refractivity contribution in [2.24, 2.45) is 0 Å². The first-order chi connectivity index (χ1) is 10.1. The van der Waals surface area contributed by atoms with Crippen molar-refractivity contribution in [3.8, 4) is 5.75 Å². The van der Waals surface area contributed by atoms with Gasteiger partial charge in [0.25, 0.3) is 5.91 Å². The molecular weight excluding hydrogens is 271 g/mol. The van der Waals surface area contributed by atoms with E-state index < -0.39 is 11.9 Å². The minimum absolute atomic E-state index is 0.142. The fourth-order valence-electron chi connectivity index (χ4n) is 1.98. The largest absolute Gasteiger partial charge is 0.477 e. The van der Waals surface area contributed by atoms with E-state index in [1.165, 1.54) is 6.07 Å². The smallest absolute Gasteiger partial charge is 0.260 e. The van der Waals surface area contributed by atoms with Gasteiger partial charge < -0.3 is 15.4 Å². The van der Waals surface area contributed by atoms with Gasteiger partial charge in [-0.05, 0) is 26.5 Å². The summed E-state index contributed by atoms with van der Waals surface area (Å²) in [6.45, 7) is 4.85. The van der Waals surface area contributed by atoms with Gasteiger partial charge >= 0.3 is 0 Å². The molecule has 1 amide bonds. The Morgan fingerprint density at radius 1 is 1.38 bits per heavy atom. The number of carbonyl (C=O) groups excluding carboxylic acids is 1. The predicted octanol–water partition coefficient (Wildman–Crippen LogP) is 2.62. The number of halogens is 1. The van der Waals surface area contributed by atoms with Crippen molar-refractivity contribution in [2.45, 2.75) is 45.8 Å². The van der Waals surface area contributed by atoms with Gasteiger partial charge in [-0.2, -0.15) is 0 Å². The minimum atomic E-state index is -0.723. The van der Waals surface area contributed by atoms with Gasteiger partial charge in [0.1, 0.15) is 0 Å². The molecule has 2 N–H and O–H groups in total. The van der Waals surface area contributed by atoms with Gasteiger partial charge in [-0.15, -0.1) is 0 Å². The van der Waals surface area contributed by atoms with E-state index in [0.29, 0.717) is 18.7 Å². The summed E-state index contributed by atoms with van der Waals surface area (Å²) in [5, 5.41) is 5.76. The molecule has 0 bridgehead atoms. The molecule has 4 nitrogen and oxygen atoms in total. The van der Waals surface area contributed by atoms with Crippen molar-refractivity contribution >= 4 is 5.91 Å². The van der Waals surface area contributed by atoms with E-state index in [1.807, 2.05) is 0 Å². The Hall–Kier alpha value is -1.62. The maximum absolute atomic E-state index is 13.9. The van der Waals surface area contributed by atoms with Crippen molar-refractivity contribution in [1.29, 1.82) is 0 Å². The molecule has 0 radical (unpaired) electrons. The topological polar surface area (TPSA) is 50.4 Å². The fourth-order valence-corrected chi connectivity index (χ4v) is 1.98. The molecule has 5 heteroatoms. The number of carbonyl (C=O) groups is 1. The van der Waals surface area contributed by atoms with Crippen LogP contribution in [-0.2, 0) is 11.3 Å². The number of nitrogens with one attached hydrogen (secondary N) is 2. The number of rotatable bonds is 9. The van der Waals surface area contributed by atoms with Crippen LogP contribution in [0, 0.1) is 5.82 Å². The zero-order valence-corrected chi connectivity index (χ0v) is 13.0. The Bertz CT molecular complexity index is 452. The molecule has 1 rings (SSSR count). The summed E-state index contributed by atoms with van der Waals surface area (Å²) in [7, 11) is 1.78. The second-order valence-corrected chi connectivity index (χ2v) is 5.02. The molecule has 1 aromatic rings. The first-order valence-corrected chi connectivity index (χ1v) is 7.46. The van der Waals surface area contributed by atoms with Crippen LogP contribution in [0.1, 0.15) is 38.7 Å². The van der Waals surface area contributed by atoms with E-state index in [9.17, 15) is 9.18 Å². The molecule has 118 valence electrons. The van der Waals surface area contributed by atoms with Gasteiger partial charge in [-0.25, -0.2) is 4.39 Å². The monoisotopic (exact) mass is 296 g/mol. The molecule has 0 aromatic heterocycles. The number of hydrogen-bond donors (Lipinski definition) is 2. The third-order valence-electron chi connectivity index (χ3n) is 3.16. The SMILES string of the molecule is CCCCCNC(=O)C(C)Oc1c(F)cccc1CNC. The molecule has 0 aliphatic carbocycles. The van der Waals surface area contributed by atoms with Crippen molar-refractivity contribution in [3.05, 3.63) is 29.6 Å². The van der Waals surface area contributed by atoms with Gasteiger partial charge in [-0.3, -0.25) is 4.79 Å². The molecule has 1 unspecified atom stereocenters. The van der Waals surface area contributed by atoms with Crippen molar-refractivity contribution in [1.82, 2.24) is 10.6 Å². The summed E-state index contributed by atoms with van der Waals surface area (Å²) in [6, 6.07) is 4.74. The van der Waals surface area contributed by atoms with E-state index in [-0.39, 0.29) is 11.7 Å². The van der Waals surface area contributed by atoms with Crippen molar-refractivity contribution < 1.29 is 13.9 Å². The van der Waals surface area contributed by atoms with E-state index >= 15 is 0 Å². The van der Waals surface area contributed by atoms with Crippen LogP contribution in [0.4, 0.5) is 4.39 Å². The second kappa shape index (κ2) is 9.34. The molecule has 0 fully saturated rings. The third-order valence-corrected chi connectivity index (χ3v) is 3.16. The molecular formula is C16H25FN2O2.